The Kier molecular flexibility index (Phi) is 5.27. The van der Waals surface area contributed by atoms with Crippen LogP contribution in [0.1, 0.15) is 64.4 Å². The predicted octanol–water partition coefficient (Wildman–Crippen LogP) is 4.45. The molecular weight excluding hydrogens is 264 g/mol. The maximum absolute atomic E-state index is 11.9. The fourth-order valence-electron chi connectivity index (χ4n) is 2.82. The highest BCUT2D eigenvalue weighted by atomic mass is 16.6. The lowest BCUT2D eigenvalue weighted by Gasteiger charge is -2.24. The molecule has 3 heteroatoms. The quantitative estimate of drug-likeness (QED) is 0.726. The summed E-state index contributed by atoms with van der Waals surface area (Å²) in [6.45, 7) is 6.35. The van der Waals surface area contributed by atoms with Crippen molar-refractivity contribution in [3.63, 3.8) is 0 Å². The van der Waals surface area contributed by atoms with Crippen LogP contribution in [0.15, 0.2) is 24.3 Å². The Balaban J connectivity index is 1.86. The van der Waals surface area contributed by atoms with Crippen LogP contribution < -0.4 is 4.74 Å². The van der Waals surface area contributed by atoms with Crippen molar-refractivity contribution in [1.29, 1.82) is 0 Å². The van der Waals surface area contributed by atoms with Crippen molar-refractivity contribution in [2.45, 2.75) is 64.4 Å². The van der Waals surface area contributed by atoms with E-state index in [1.165, 1.54) is 5.56 Å². The molecule has 0 aliphatic heterocycles. The van der Waals surface area contributed by atoms with Gasteiger partial charge in [-0.1, -0.05) is 26.0 Å². The van der Waals surface area contributed by atoms with Crippen LogP contribution in [-0.2, 0) is 9.53 Å². The van der Waals surface area contributed by atoms with Crippen molar-refractivity contribution in [1.82, 2.24) is 0 Å². The molecule has 1 aliphatic carbocycles. The smallest absolute Gasteiger partial charge is 0.344 e. The molecule has 2 rings (SSSR count). The molecule has 1 aliphatic rings. The van der Waals surface area contributed by atoms with E-state index >= 15 is 0 Å². The average molecular weight is 290 g/mol. The summed E-state index contributed by atoms with van der Waals surface area (Å²) >= 11 is 0. The standard InChI is InChI=1S/C18H26O3/c1-4-14(2)15-8-7-9-16(12-15)20-13-17(19)21-18(3)10-5-6-11-18/h7-9,12,14H,4-6,10-11,13H2,1-3H3. The Morgan fingerprint density at radius 1 is 1.33 bits per heavy atom. The first-order valence-electron chi connectivity index (χ1n) is 7.97. The fourth-order valence-corrected chi connectivity index (χ4v) is 2.82. The summed E-state index contributed by atoms with van der Waals surface area (Å²) in [6.07, 6.45) is 5.29. The van der Waals surface area contributed by atoms with Crippen molar-refractivity contribution < 1.29 is 14.3 Å². The molecule has 0 heterocycles. The zero-order valence-corrected chi connectivity index (χ0v) is 13.4. The first kappa shape index (κ1) is 15.9. The van der Waals surface area contributed by atoms with Crippen molar-refractivity contribution in [2.75, 3.05) is 6.61 Å². The molecule has 1 fully saturated rings. The summed E-state index contributed by atoms with van der Waals surface area (Å²) in [5.41, 5.74) is 0.963. The Morgan fingerprint density at radius 3 is 2.71 bits per heavy atom. The number of benzene rings is 1. The molecule has 0 radical (unpaired) electrons. The van der Waals surface area contributed by atoms with Crippen LogP contribution in [0.3, 0.4) is 0 Å². The Morgan fingerprint density at radius 2 is 2.05 bits per heavy atom. The largest absolute Gasteiger partial charge is 0.482 e. The molecule has 116 valence electrons. The summed E-state index contributed by atoms with van der Waals surface area (Å²) < 4.78 is 11.1. The molecule has 1 saturated carbocycles. The van der Waals surface area contributed by atoms with E-state index < -0.39 is 0 Å². The number of hydrogen-bond donors (Lipinski definition) is 0. The number of ether oxygens (including phenoxy) is 2. The highest BCUT2D eigenvalue weighted by molar-refractivity contribution is 5.71. The van der Waals surface area contributed by atoms with Gasteiger partial charge in [0.1, 0.15) is 11.4 Å². The van der Waals surface area contributed by atoms with Crippen LogP contribution in [0.4, 0.5) is 0 Å². The molecule has 0 amide bonds. The van der Waals surface area contributed by atoms with E-state index in [9.17, 15) is 4.79 Å². The normalized spacial score (nSPS) is 18.2. The molecule has 0 saturated heterocycles. The molecule has 1 aromatic rings. The topological polar surface area (TPSA) is 35.5 Å². The summed E-state index contributed by atoms with van der Waals surface area (Å²) in [7, 11) is 0. The lowest BCUT2D eigenvalue weighted by molar-refractivity contribution is -0.159. The third-order valence-electron chi connectivity index (χ3n) is 4.42. The second-order valence-corrected chi connectivity index (χ2v) is 6.30. The highest BCUT2D eigenvalue weighted by Gasteiger charge is 2.32. The summed E-state index contributed by atoms with van der Waals surface area (Å²) in [5.74, 6) is 0.965. The molecular formula is C18H26O3. The molecule has 0 N–H and O–H groups in total. The summed E-state index contributed by atoms with van der Waals surface area (Å²) in [4.78, 5) is 11.9. The molecule has 1 atom stereocenters. The van der Waals surface area contributed by atoms with Gasteiger partial charge in [0.15, 0.2) is 6.61 Å². The van der Waals surface area contributed by atoms with Gasteiger partial charge in [0.2, 0.25) is 0 Å². The lowest BCUT2D eigenvalue weighted by Crippen LogP contribution is -2.30. The molecule has 3 nitrogen and oxygen atoms in total. The second kappa shape index (κ2) is 6.97. The van der Waals surface area contributed by atoms with E-state index in [4.69, 9.17) is 9.47 Å². The van der Waals surface area contributed by atoms with Gasteiger partial charge >= 0.3 is 5.97 Å². The Hall–Kier alpha value is -1.51. The van der Waals surface area contributed by atoms with Gasteiger partial charge in [-0.15, -0.1) is 0 Å². The maximum atomic E-state index is 11.9. The first-order valence-corrected chi connectivity index (χ1v) is 7.97. The summed E-state index contributed by atoms with van der Waals surface area (Å²) in [5, 5.41) is 0. The van der Waals surface area contributed by atoms with E-state index in [0.29, 0.717) is 5.92 Å². The minimum absolute atomic E-state index is 0.0143. The van der Waals surface area contributed by atoms with Gasteiger partial charge in [0.25, 0.3) is 0 Å². The average Bonchev–Trinajstić information content (AvgIpc) is 2.91. The second-order valence-electron chi connectivity index (χ2n) is 6.30. The predicted molar refractivity (Wildman–Crippen MR) is 83.6 cm³/mol. The van der Waals surface area contributed by atoms with Gasteiger partial charge in [-0.2, -0.15) is 0 Å². The fraction of sp³-hybridized carbons (Fsp3) is 0.611. The Bertz CT molecular complexity index is 475. The minimum Gasteiger partial charge on any atom is -0.482 e. The number of rotatable bonds is 6. The maximum Gasteiger partial charge on any atom is 0.344 e. The van der Waals surface area contributed by atoms with Crippen LogP contribution in [-0.4, -0.2) is 18.2 Å². The van der Waals surface area contributed by atoms with Crippen LogP contribution in [0.5, 0.6) is 5.75 Å². The van der Waals surface area contributed by atoms with E-state index in [1.807, 2.05) is 25.1 Å². The third-order valence-corrected chi connectivity index (χ3v) is 4.42. The number of carbonyl (C=O) groups excluding carboxylic acids is 1. The molecule has 1 unspecified atom stereocenters. The third kappa shape index (κ3) is 4.48. The van der Waals surface area contributed by atoms with Gasteiger partial charge < -0.3 is 9.47 Å². The van der Waals surface area contributed by atoms with E-state index in [2.05, 4.69) is 19.9 Å². The van der Waals surface area contributed by atoms with E-state index in [0.717, 1.165) is 37.9 Å². The number of carbonyl (C=O) groups is 1. The van der Waals surface area contributed by atoms with Gasteiger partial charge in [-0.05, 0) is 62.6 Å². The molecule has 21 heavy (non-hydrogen) atoms. The van der Waals surface area contributed by atoms with E-state index in [-0.39, 0.29) is 18.2 Å². The van der Waals surface area contributed by atoms with Crippen LogP contribution >= 0.6 is 0 Å². The minimum atomic E-state index is -0.279. The highest BCUT2D eigenvalue weighted by Crippen LogP contribution is 2.32. The monoisotopic (exact) mass is 290 g/mol. The SMILES string of the molecule is CCC(C)c1cccc(OCC(=O)OC2(C)CCCC2)c1. The molecule has 1 aromatic carbocycles. The van der Waals surface area contributed by atoms with Crippen LogP contribution in [0, 0.1) is 0 Å². The zero-order valence-electron chi connectivity index (χ0n) is 13.4. The molecule has 0 aromatic heterocycles. The Labute approximate surface area is 127 Å². The van der Waals surface area contributed by atoms with Gasteiger partial charge in [0, 0.05) is 0 Å². The molecule has 0 bridgehead atoms. The van der Waals surface area contributed by atoms with Crippen molar-refractivity contribution >= 4 is 5.97 Å². The van der Waals surface area contributed by atoms with Crippen LogP contribution in [0.25, 0.3) is 0 Å². The number of hydrogen-bond acceptors (Lipinski definition) is 3. The zero-order chi connectivity index (χ0) is 15.3. The van der Waals surface area contributed by atoms with Crippen molar-refractivity contribution in [3.05, 3.63) is 29.8 Å². The van der Waals surface area contributed by atoms with Crippen LogP contribution in [0.2, 0.25) is 0 Å². The van der Waals surface area contributed by atoms with E-state index in [1.54, 1.807) is 0 Å². The molecule has 0 spiro atoms. The van der Waals surface area contributed by atoms with Gasteiger partial charge in [-0.25, -0.2) is 4.79 Å². The first-order chi connectivity index (χ1) is 10.0. The van der Waals surface area contributed by atoms with Crippen molar-refractivity contribution in [3.8, 4) is 5.75 Å². The lowest BCUT2D eigenvalue weighted by atomic mass is 9.99. The van der Waals surface area contributed by atoms with Gasteiger partial charge in [-0.3, -0.25) is 0 Å². The van der Waals surface area contributed by atoms with Crippen molar-refractivity contribution in [2.24, 2.45) is 0 Å². The van der Waals surface area contributed by atoms with Gasteiger partial charge in [0.05, 0.1) is 0 Å². The number of esters is 1. The summed E-state index contributed by atoms with van der Waals surface area (Å²) in [6, 6.07) is 7.97.